The fourth-order valence-electron chi connectivity index (χ4n) is 4.27. The predicted octanol–water partition coefficient (Wildman–Crippen LogP) is 4.53. The van der Waals surface area contributed by atoms with Gasteiger partial charge in [0, 0.05) is 23.7 Å². The van der Waals surface area contributed by atoms with E-state index in [9.17, 15) is 4.79 Å². The van der Waals surface area contributed by atoms with Crippen LogP contribution in [0.25, 0.3) is 0 Å². The van der Waals surface area contributed by atoms with E-state index in [2.05, 4.69) is 16.1 Å². The lowest BCUT2D eigenvalue weighted by molar-refractivity contribution is 0.0917. The molecule has 1 amide bonds. The summed E-state index contributed by atoms with van der Waals surface area (Å²) in [6.07, 6.45) is 14.1. The zero-order chi connectivity index (χ0) is 19.2. The van der Waals surface area contributed by atoms with Gasteiger partial charge < -0.3 is 10.1 Å². The highest BCUT2D eigenvalue weighted by Crippen LogP contribution is 2.33. The smallest absolute Gasteiger partial charge is 0.255 e. The van der Waals surface area contributed by atoms with Gasteiger partial charge in [-0.25, -0.2) is 0 Å². The Labute approximate surface area is 171 Å². The minimum atomic E-state index is -0.234. The number of nitrogens with zero attached hydrogens (tertiary/aromatic N) is 1. The number of likely N-dealkylation sites (tertiary alicyclic amines) is 1. The molecule has 1 N–H and O–H groups in total. The van der Waals surface area contributed by atoms with Gasteiger partial charge in [-0.05, 0) is 44.4 Å². The minimum Gasteiger partial charge on any atom is -0.479 e. The van der Waals surface area contributed by atoms with Crippen molar-refractivity contribution in [2.24, 2.45) is 0 Å². The maximum absolute atomic E-state index is 12.8. The lowest BCUT2D eigenvalue weighted by Gasteiger charge is -2.35. The van der Waals surface area contributed by atoms with Crippen molar-refractivity contribution in [1.82, 2.24) is 10.2 Å². The summed E-state index contributed by atoms with van der Waals surface area (Å²) in [4.78, 5) is 15.4. The Balaban J connectivity index is 1.66. The number of terminal acetylenes is 1. The first kappa shape index (κ1) is 20.3. The van der Waals surface area contributed by atoms with Gasteiger partial charge in [-0.3, -0.25) is 9.69 Å². The number of hydrogen-bond acceptors (Lipinski definition) is 3. The molecule has 1 heterocycles. The number of halogens is 2. The molecule has 2 fully saturated rings. The fraction of sp³-hybridized carbons (Fsp3) is 0.571. The first-order valence-electron chi connectivity index (χ1n) is 9.69. The van der Waals surface area contributed by atoms with Crippen molar-refractivity contribution >= 4 is 29.1 Å². The zero-order valence-corrected chi connectivity index (χ0v) is 17.0. The molecule has 1 saturated heterocycles. The summed E-state index contributed by atoms with van der Waals surface area (Å²) in [6.45, 7) is 1.79. The number of amides is 1. The lowest BCUT2D eigenvalue weighted by Crippen LogP contribution is -2.45. The van der Waals surface area contributed by atoms with Crippen molar-refractivity contribution in [2.75, 3.05) is 19.7 Å². The van der Waals surface area contributed by atoms with Crippen LogP contribution >= 0.6 is 23.2 Å². The Bertz CT molecular complexity index is 711. The van der Waals surface area contributed by atoms with Gasteiger partial charge in [0.1, 0.15) is 6.61 Å². The van der Waals surface area contributed by atoms with E-state index in [-0.39, 0.29) is 23.3 Å². The predicted molar refractivity (Wildman–Crippen MR) is 110 cm³/mol. The van der Waals surface area contributed by atoms with Gasteiger partial charge in [0.25, 0.3) is 5.91 Å². The van der Waals surface area contributed by atoms with Crippen molar-refractivity contribution in [1.29, 1.82) is 0 Å². The molecule has 146 valence electrons. The van der Waals surface area contributed by atoms with Crippen LogP contribution in [0.3, 0.4) is 0 Å². The molecule has 0 radical (unpaired) electrons. The molecule has 0 aromatic heterocycles. The first-order chi connectivity index (χ1) is 13.1. The molecule has 1 aromatic carbocycles. The molecule has 1 atom stereocenters. The Hall–Kier alpha value is -1.41. The van der Waals surface area contributed by atoms with Crippen LogP contribution in [0.2, 0.25) is 10.0 Å². The molecular formula is C21H26Cl2N2O2. The van der Waals surface area contributed by atoms with Crippen molar-refractivity contribution in [3.05, 3.63) is 27.7 Å². The molecule has 1 saturated carbocycles. The second kappa shape index (κ2) is 9.68. The summed E-state index contributed by atoms with van der Waals surface area (Å²) in [6, 6.07) is 4.18. The number of ether oxygens (including phenoxy) is 1. The summed E-state index contributed by atoms with van der Waals surface area (Å²) in [5, 5.41) is 3.73. The third kappa shape index (κ3) is 5.10. The van der Waals surface area contributed by atoms with E-state index in [4.69, 9.17) is 34.4 Å². The van der Waals surface area contributed by atoms with Crippen LogP contribution in [0.15, 0.2) is 12.1 Å². The standard InChI is InChI=1S/C21H26Cl2N2O2/c1-2-11-27-20-18(12-15(22)13-19(20)23)21(26)24-14-17-9-6-10-25(17)16-7-4-3-5-8-16/h1,12-13,16-17H,3-11,14H2,(H,24,26). The highest BCUT2D eigenvalue weighted by molar-refractivity contribution is 6.36. The molecule has 0 spiro atoms. The summed E-state index contributed by atoms with van der Waals surface area (Å²) >= 11 is 12.3. The van der Waals surface area contributed by atoms with Crippen molar-refractivity contribution < 1.29 is 9.53 Å². The molecule has 2 aliphatic rings. The summed E-state index contributed by atoms with van der Waals surface area (Å²) in [5.41, 5.74) is 0.324. The molecule has 6 heteroatoms. The van der Waals surface area contributed by atoms with Crippen molar-refractivity contribution in [3.63, 3.8) is 0 Å². The summed E-state index contributed by atoms with van der Waals surface area (Å²) < 4.78 is 5.48. The molecule has 1 aliphatic carbocycles. The molecule has 0 bridgehead atoms. The van der Waals surface area contributed by atoms with E-state index in [1.165, 1.54) is 38.5 Å². The van der Waals surface area contributed by atoms with Gasteiger partial charge in [-0.2, -0.15) is 0 Å². The lowest BCUT2D eigenvalue weighted by atomic mass is 9.94. The normalized spacial score (nSPS) is 21.0. The van der Waals surface area contributed by atoms with Gasteiger partial charge in [-0.1, -0.05) is 48.4 Å². The number of benzene rings is 1. The highest BCUT2D eigenvalue weighted by atomic mass is 35.5. The molecule has 1 aromatic rings. The van der Waals surface area contributed by atoms with E-state index >= 15 is 0 Å². The monoisotopic (exact) mass is 408 g/mol. The van der Waals surface area contributed by atoms with Crippen LogP contribution in [-0.2, 0) is 0 Å². The van der Waals surface area contributed by atoms with Gasteiger partial charge in [0.15, 0.2) is 5.75 Å². The second-order valence-electron chi connectivity index (χ2n) is 7.29. The Kier molecular flexibility index (Phi) is 7.29. The third-order valence-electron chi connectivity index (χ3n) is 5.52. The zero-order valence-electron chi connectivity index (χ0n) is 15.5. The number of carbonyl (C=O) groups excluding carboxylic acids is 1. The second-order valence-corrected chi connectivity index (χ2v) is 8.14. The van der Waals surface area contributed by atoms with Gasteiger partial charge in [0.05, 0.1) is 10.6 Å². The summed E-state index contributed by atoms with van der Waals surface area (Å²) in [5.74, 6) is 2.44. The number of hydrogen-bond donors (Lipinski definition) is 1. The molecule has 27 heavy (non-hydrogen) atoms. The molecular weight excluding hydrogens is 383 g/mol. The molecule has 1 unspecified atom stereocenters. The van der Waals surface area contributed by atoms with Gasteiger partial charge in [-0.15, -0.1) is 6.42 Å². The third-order valence-corrected chi connectivity index (χ3v) is 6.02. The largest absolute Gasteiger partial charge is 0.479 e. The Morgan fingerprint density at radius 3 is 2.74 bits per heavy atom. The van der Waals surface area contributed by atoms with Gasteiger partial charge in [0.2, 0.25) is 0 Å². The topological polar surface area (TPSA) is 41.6 Å². The number of rotatable bonds is 6. The maximum Gasteiger partial charge on any atom is 0.255 e. The van der Waals surface area contributed by atoms with E-state index in [0.29, 0.717) is 29.2 Å². The van der Waals surface area contributed by atoms with Crippen LogP contribution in [-0.4, -0.2) is 42.6 Å². The number of nitrogens with one attached hydrogen (secondary N) is 1. The maximum atomic E-state index is 12.8. The van der Waals surface area contributed by atoms with Crippen LogP contribution in [0.4, 0.5) is 0 Å². The van der Waals surface area contributed by atoms with Crippen molar-refractivity contribution in [2.45, 2.75) is 57.0 Å². The van der Waals surface area contributed by atoms with Crippen LogP contribution in [0, 0.1) is 12.3 Å². The highest BCUT2D eigenvalue weighted by Gasteiger charge is 2.31. The van der Waals surface area contributed by atoms with E-state index in [1.807, 2.05) is 0 Å². The molecule has 4 nitrogen and oxygen atoms in total. The molecule has 3 rings (SSSR count). The fourth-order valence-corrected chi connectivity index (χ4v) is 4.81. The minimum absolute atomic E-state index is 0.0414. The van der Waals surface area contributed by atoms with Crippen LogP contribution in [0.5, 0.6) is 5.75 Å². The SMILES string of the molecule is C#CCOc1c(Cl)cc(Cl)cc1C(=O)NCC1CCCN1C1CCCCC1. The average Bonchev–Trinajstić information content (AvgIpc) is 3.14. The van der Waals surface area contributed by atoms with Crippen molar-refractivity contribution in [3.8, 4) is 18.1 Å². The van der Waals surface area contributed by atoms with E-state index in [1.54, 1.807) is 12.1 Å². The van der Waals surface area contributed by atoms with Crippen LogP contribution in [0.1, 0.15) is 55.3 Å². The Morgan fingerprint density at radius 1 is 1.22 bits per heavy atom. The van der Waals surface area contributed by atoms with E-state index in [0.717, 1.165) is 13.0 Å². The average molecular weight is 409 g/mol. The van der Waals surface area contributed by atoms with Crippen LogP contribution < -0.4 is 10.1 Å². The summed E-state index contributed by atoms with van der Waals surface area (Å²) in [7, 11) is 0. The quantitative estimate of drug-likeness (QED) is 0.702. The van der Waals surface area contributed by atoms with E-state index < -0.39 is 0 Å². The molecule has 1 aliphatic heterocycles. The Morgan fingerprint density at radius 2 is 2.00 bits per heavy atom. The van der Waals surface area contributed by atoms with Gasteiger partial charge >= 0.3 is 0 Å². The first-order valence-corrected chi connectivity index (χ1v) is 10.4. The number of carbonyl (C=O) groups is 1.